The first-order valence-corrected chi connectivity index (χ1v) is 10.9. The Morgan fingerprint density at radius 3 is 2.62 bits per heavy atom. The Morgan fingerprint density at radius 1 is 1.10 bits per heavy atom. The van der Waals surface area contributed by atoms with Gasteiger partial charge in [-0.05, 0) is 31.0 Å². The third-order valence-electron chi connectivity index (χ3n) is 4.74. The number of aromatic nitrogens is 4. The Bertz CT molecular complexity index is 1120. The zero-order valence-corrected chi connectivity index (χ0v) is 17.7. The van der Waals surface area contributed by atoms with Crippen molar-refractivity contribution in [1.82, 2.24) is 19.9 Å². The molecule has 0 N–H and O–H groups in total. The summed E-state index contributed by atoms with van der Waals surface area (Å²) in [6, 6.07) is 3.82. The SMILES string of the molecule is Cc1cnc(-c2cc(N3CCc4nc([S+](C)[O-])ncc4C3=O)ncc2Cl)c(C)c1. The highest BCUT2D eigenvalue weighted by atomic mass is 35.5. The molecule has 1 aliphatic heterocycles. The summed E-state index contributed by atoms with van der Waals surface area (Å²) in [6.07, 6.45) is 6.80. The number of halogens is 1. The summed E-state index contributed by atoms with van der Waals surface area (Å²) >= 11 is 5.10. The first-order chi connectivity index (χ1) is 13.8. The maximum Gasteiger partial charge on any atom is 0.342 e. The molecular formula is C20H18ClN5O2S. The quantitative estimate of drug-likeness (QED) is 0.470. The van der Waals surface area contributed by atoms with E-state index in [1.165, 1.54) is 18.6 Å². The van der Waals surface area contributed by atoms with Gasteiger partial charge < -0.3 is 4.55 Å². The largest absolute Gasteiger partial charge is 0.609 e. The molecule has 4 heterocycles. The molecule has 3 aromatic heterocycles. The predicted octanol–water partition coefficient (Wildman–Crippen LogP) is 3.14. The summed E-state index contributed by atoms with van der Waals surface area (Å²) in [5.41, 5.74) is 4.54. The molecule has 1 unspecified atom stereocenters. The molecule has 0 aliphatic carbocycles. The van der Waals surface area contributed by atoms with Crippen LogP contribution in [0.5, 0.6) is 0 Å². The van der Waals surface area contributed by atoms with Crippen molar-refractivity contribution in [3.05, 3.63) is 58.1 Å². The highest BCUT2D eigenvalue weighted by molar-refractivity contribution is 7.90. The van der Waals surface area contributed by atoms with Crippen molar-refractivity contribution in [1.29, 1.82) is 0 Å². The molecule has 7 nitrogen and oxygen atoms in total. The van der Waals surface area contributed by atoms with Crippen LogP contribution in [-0.2, 0) is 17.6 Å². The Hall–Kier alpha value is -2.55. The van der Waals surface area contributed by atoms with E-state index >= 15 is 0 Å². The van der Waals surface area contributed by atoms with Gasteiger partial charge >= 0.3 is 5.16 Å². The van der Waals surface area contributed by atoms with E-state index in [4.69, 9.17) is 11.6 Å². The molecule has 3 aromatic rings. The van der Waals surface area contributed by atoms with E-state index in [-0.39, 0.29) is 11.1 Å². The molecule has 0 saturated carbocycles. The van der Waals surface area contributed by atoms with Crippen LogP contribution in [0.1, 0.15) is 27.2 Å². The lowest BCUT2D eigenvalue weighted by Gasteiger charge is -2.27. The number of anilines is 1. The Labute approximate surface area is 176 Å². The van der Waals surface area contributed by atoms with Crippen LogP contribution >= 0.6 is 11.6 Å². The van der Waals surface area contributed by atoms with Crippen LogP contribution in [0.4, 0.5) is 5.82 Å². The second kappa shape index (κ2) is 7.70. The lowest BCUT2D eigenvalue weighted by Crippen LogP contribution is -2.39. The number of fused-ring (bicyclic) bond motifs is 1. The molecule has 9 heteroatoms. The molecule has 4 rings (SSSR count). The van der Waals surface area contributed by atoms with Crippen molar-refractivity contribution < 1.29 is 9.35 Å². The standard InChI is InChI=1S/C20H18ClN5O2S/c1-11-6-12(2)18(23-8-11)13-7-17(22-10-15(13)21)26-5-4-16-14(19(26)27)9-24-20(25-16)29(3)28/h6-10H,4-5H2,1-3H3. The molecule has 0 bridgehead atoms. The fourth-order valence-electron chi connectivity index (χ4n) is 3.34. The van der Waals surface area contributed by atoms with E-state index in [1.54, 1.807) is 17.2 Å². The summed E-state index contributed by atoms with van der Waals surface area (Å²) in [6.45, 7) is 4.36. The van der Waals surface area contributed by atoms with E-state index in [1.807, 2.05) is 19.9 Å². The average molecular weight is 428 g/mol. The molecule has 0 spiro atoms. The van der Waals surface area contributed by atoms with E-state index < -0.39 is 11.2 Å². The molecule has 29 heavy (non-hydrogen) atoms. The van der Waals surface area contributed by atoms with Crippen molar-refractivity contribution in [2.45, 2.75) is 25.4 Å². The molecule has 0 radical (unpaired) electrons. The maximum absolute atomic E-state index is 13.0. The van der Waals surface area contributed by atoms with Crippen molar-refractivity contribution in [2.75, 3.05) is 17.7 Å². The summed E-state index contributed by atoms with van der Waals surface area (Å²) in [7, 11) is 0. The Kier molecular flexibility index (Phi) is 5.24. The van der Waals surface area contributed by atoms with Crippen LogP contribution < -0.4 is 4.90 Å². The fraction of sp³-hybridized carbons (Fsp3) is 0.250. The highest BCUT2D eigenvalue weighted by Gasteiger charge is 2.29. The number of carbonyl (C=O) groups is 1. The van der Waals surface area contributed by atoms with Crippen molar-refractivity contribution in [3.63, 3.8) is 0 Å². The average Bonchev–Trinajstić information content (AvgIpc) is 2.69. The van der Waals surface area contributed by atoms with Crippen molar-refractivity contribution in [3.8, 4) is 11.3 Å². The van der Waals surface area contributed by atoms with Gasteiger partial charge in [-0.15, -0.1) is 0 Å². The second-order valence-electron chi connectivity index (χ2n) is 6.87. The van der Waals surface area contributed by atoms with Gasteiger partial charge in [0.1, 0.15) is 12.1 Å². The van der Waals surface area contributed by atoms with Crippen LogP contribution in [0, 0.1) is 13.8 Å². The number of amides is 1. The van der Waals surface area contributed by atoms with Crippen LogP contribution in [0.15, 0.2) is 35.9 Å². The Morgan fingerprint density at radius 2 is 1.90 bits per heavy atom. The number of carbonyl (C=O) groups excluding carboxylic acids is 1. The minimum atomic E-state index is -1.30. The zero-order chi connectivity index (χ0) is 20.7. The van der Waals surface area contributed by atoms with Crippen LogP contribution in [0.3, 0.4) is 0 Å². The van der Waals surface area contributed by atoms with Gasteiger partial charge in [0.05, 0.1) is 22.0 Å². The van der Waals surface area contributed by atoms with Crippen molar-refractivity contribution >= 4 is 34.5 Å². The second-order valence-corrected chi connectivity index (χ2v) is 8.55. The van der Waals surface area contributed by atoms with Gasteiger partial charge in [-0.2, -0.15) is 9.97 Å². The third-order valence-corrected chi connectivity index (χ3v) is 5.75. The summed E-state index contributed by atoms with van der Waals surface area (Å²) in [5.74, 6) is 0.249. The monoisotopic (exact) mass is 427 g/mol. The lowest BCUT2D eigenvalue weighted by atomic mass is 10.0. The van der Waals surface area contributed by atoms with Gasteiger partial charge in [-0.1, -0.05) is 17.7 Å². The number of hydrogen-bond donors (Lipinski definition) is 0. The number of nitrogens with zero attached hydrogens (tertiary/aromatic N) is 5. The first-order valence-electron chi connectivity index (χ1n) is 8.95. The number of hydrogen-bond acceptors (Lipinski definition) is 6. The van der Waals surface area contributed by atoms with Gasteiger partial charge in [-0.3, -0.25) is 14.7 Å². The molecule has 1 atom stereocenters. The summed E-state index contributed by atoms with van der Waals surface area (Å²) in [5, 5.41) is 0.703. The van der Waals surface area contributed by atoms with Gasteiger partial charge in [0, 0.05) is 48.3 Å². The lowest BCUT2D eigenvalue weighted by molar-refractivity contribution is 0.0978. The molecule has 0 saturated heterocycles. The molecular weight excluding hydrogens is 410 g/mol. The third kappa shape index (κ3) is 3.71. The van der Waals surface area contributed by atoms with Crippen LogP contribution in [-0.4, -0.2) is 43.2 Å². The normalized spacial score (nSPS) is 14.7. The highest BCUT2D eigenvalue weighted by Crippen LogP contribution is 2.32. The van der Waals surface area contributed by atoms with Gasteiger partial charge in [0.25, 0.3) is 5.91 Å². The van der Waals surface area contributed by atoms with E-state index in [0.29, 0.717) is 35.1 Å². The molecule has 1 amide bonds. The summed E-state index contributed by atoms with van der Waals surface area (Å²) in [4.78, 5) is 31.8. The van der Waals surface area contributed by atoms with Gasteiger partial charge in [0.15, 0.2) is 0 Å². The van der Waals surface area contributed by atoms with E-state index in [2.05, 4.69) is 19.9 Å². The number of rotatable bonds is 3. The minimum Gasteiger partial charge on any atom is -0.609 e. The molecule has 1 aliphatic rings. The fourth-order valence-corrected chi connectivity index (χ4v) is 3.98. The smallest absolute Gasteiger partial charge is 0.342 e. The topological polar surface area (TPSA) is 94.9 Å². The van der Waals surface area contributed by atoms with Gasteiger partial charge in [-0.25, -0.2) is 4.98 Å². The molecule has 0 aromatic carbocycles. The number of aryl methyl sites for hydroxylation is 2. The predicted molar refractivity (Wildman–Crippen MR) is 112 cm³/mol. The van der Waals surface area contributed by atoms with Gasteiger partial charge in [0.2, 0.25) is 0 Å². The maximum atomic E-state index is 13.0. The van der Waals surface area contributed by atoms with Crippen LogP contribution in [0.25, 0.3) is 11.3 Å². The minimum absolute atomic E-state index is 0.234. The molecule has 0 fully saturated rings. The molecule has 148 valence electrons. The summed E-state index contributed by atoms with van der Waals surface area (Å²) < 4.78 is 11.6. The first kappa shape index (κ1) is 19.8. The van der Waals surface area contributed by atoms with E-state index in [0.717, 1.165) is 22.4 Å². The van der Waals surface area contributed by atoms with Crippen molar-refractivity contribution in [2.24, 2.45) is 0 Å². The van der Waals surface area contributed by atoms with E-state index in [9.17, 15) is 9.35 Å². The zero-order valence-electron chi connectivity index (χ0n) is 16.1. The Balaban J connectivity index is 1.72. The number of pyridine rings is 2. The van der Waals surface area contributed by atoms with Crippen LogP contribution in [0.2, 0.25) is 5.02 Å².